The Hall–Kier alpha value is -1.75. The molecule has 4 nitrogen and oxygen atoms in total. The van der Waals surface area contributed by atoms with Crippen LogP contribution in [0.3, 0.4) is 0 Å². The number of nitrogens with two attached hydrogens (primary N) is 1. The van der Waals surface area contributed by atoms with Gasteiger partial charge in [-0.3, -0.25) is 4.79 Å². The second-order valence-corrected chi connectivity index (χ2v) is 4.14. The van der Waals surface area contributed by atoms with Crippen LogP contribution in [0, 0.1) is 0 Å². The van der Waals surface area contributed by atoms with Gasteiger partial charge in [0.15, 0.2) is 5.17 Å². The highest BCUT2D eigenvalue weighted by atomic mass is 32.2. The molecule has 0 fully saturated rings. The summed E-state index contributed by atoms with van der Waals surface area (Å²) in [6, 6.07) is 7.36. The maximum atomic E-state index is 11.4. The van der Waals surface area contributed by atoms with Gasteiger partial charge in [-0.15, -0.1) is 0 Å². The molecule has 1 aromatic carbocycles. The van der Waals surface area contributed by atoms with Gasteiger partial charge in [0.2, 0.25) is 5.12 Å². The first-order chi connectivity index (χ1) is 7.69. The SMILES string of the molecule is COc1ccc(C=C2N=C(N)SC2=O)cc1. The number of carbonyl (C=O) groups is 1. The standard InChI is InChI=1S/C11H10N2O2S/c1-15-8-4-2-7(3-5-8)6-9-10(14)16-11(12)13-9/h2-6H,1H3,(H2,12,13). The largest absolute Gasteiger partial charge is 0.497 e. The highest BCUT2D eigenvalue weighted by Crippen LogP contribution is 2.23. The van der Waals surface area contributed by atoms with Gasteiger partial charge in [0, 0.05) is 0 Å². The van der Waals surface area contributed by atoms with Crippen LogP contribution in [0.2, 0.25) is 0 Å². The van der Waals surface area contributed by atoms with Gasteiger partial charge in [-0.2, -0.15) is 0 Å². The van der Waals surface area contributed by atoms with E-state index in [4.69, 9.17) is 10.5 Å². The van der Waals surface area contributed by atoms with Crippen LogP contribution in [0.1, 0.15) is 5.56 Å². The Morgan fingerprint density at radius 3 is 2.56 bits per heavy atom. The van der Waals surface area contributed by atoms with E-state index in [1.54, 1.807) is 13.2 Å². The molecule has 16 heavy (non-hydrogen) atoms. The van der Waals surface area contributed by atoms with Crippen LogP contribution in [0.4, 0.5) is 0 Å². The van der Waals surface area contributed by atoms with Crippen molar-refractivity contribution in [2.45, 2.75) is 0 Å². The van der Waals surface area contributed by atoms with E-state index in [9.17, 15) is 4.79 Å². The van der Waals surface area contributed by atoms with E-state index < -0.39 is 0 Å². The Balaban J connectivity index is 2.26. The molecular formula is C11H10N2O2S. The van der Waals surface area contributed by atoms with Crippen LogP contribution in [-0.4, -0.2) is 17.4 Å². The maximum absolute atomic E-state index is 11.4. The summed E-state index contributed by atoms with van der Waals surface area (Å²) in [5.74, 6) is 0.775. The number of rotatable bonds is 2. The first kappa shape index (κ1) is 10.8. The third-order valence-corrected chi connectivity index (χ3v) is 2.75. The molecule has 2 N–H and O–H groups in total. The van der Waals surface area contributed by atoms with E-state index in [2.05, 4.69) is 4.99 Å². The summed E-state index contributed by atoms with van der Waals surface area (Å²) < 4.78 is 5.04. The van der Waals surface area contributed by atoms with Gasteiger partial charge < -0.3 is 10.5 Å². The normalized spacial score (nSPS) is 17.7. The minimum atomic E-state index is -0.117. The molecule has 0 unspecified atom stereocenters. The molecule has 2 rings (SSSR count). The third-order valence-electron chi connectivity index (χ3n) is 2.06. The van der Waals surface area contributed by atoms with Crippen LogP contribution in [0.5, 0.6) is 5.75 Å². The van der Waals surface area contributed by atoms with Gasteiger partial charge in [-0.25, -0.2) is 4.99 Å². The highest BCUT2D eigenvalue weighted by Gasteiger charge is 2.19. The molecule has 0 radical (unpaired) electrons. The summed E-state index contributed by atoms with van der Waals surface area (Å²) >= 11 is 0.951. The number of hydrogen-bond acceptors (Lipinski definition) is 5. The first-order valence-corrected chi connectivity index (χ1v) is 5.43. The number of methoxy groups -OCH3 is 1. The van der Waals surface area contributed by atoms with Gasteiger partial charge in [0.05, 0.1) is 7.11 Å². The van der Waals surface area contributed by atoms with Crippen molar-refractivity contribution < 1.29 is 9.53 Å². The highest BCUT2D eigenvalue weighted by molar-refractivity contribution is 8.27. The second kappa shape index (κ2) is 4.40. The fraction of sp³-hybridized carbons (Fsp3) is 0.0909. The molecule has 0 aliphatic carbocycles. The van der Waals surface area contributed by atoms with Crippen LogP contribution >= 0.6 is 11.8 Å². The topological polar surface area (TPSA) is 64.7 Å². The molecule has 1 aliphatic heterocycles. The van der Waals surface area contributed by atoms with Gasteiger partial charge in [-0.05, 0) is 35.5 Å². The molecule has 0 spiro atoms. The van der Waals surface area contributed by atoms with Crippen molar-refractivity contribution >= 4 is 28.1 Å². The molecule has 0 amide bonds. The lowest BCUT2D eigenvalue weighted by Crippen LogP contribution is -2.01. The zero-order valence-electron chi connectivity index (χ0n) is 8.64. The molecule has 0 bridgehead atoms. The number of thioether (sulfide) groups is 1. The van der Waals surface area contributed by atoms with Gasteiger partial charge in [0.1, 0.15) is 11.4 Å². The smallest absolute Gasteiger partial charge is 0.245 e. The predicted molar refractivity (Wildman–Crippen MR) is 65.2 cm³/mol. The van der Waals surface area contributed by atoms with Gasteiger partial charge >= 0.3 is 0 Å². The minimum absolute atomic E-state index is 0.117. The van der Waals surface area contributed by atoms with Gasteiger partial charge in [-0.1, -0.05) is 12.1 Å². The summed E-state index contributed by atoms with van der Waals surface area (Å²) in [6.45, 7) is 0. The molecule has 0 atom stereocenters. The Morgan fingerprint density at radius 2 is 2.06 bits per heavy atom. The molecule has 0 saturated heterocycles. The van der Waals surface area contributed by atoms with Crippen molar-refractivity contribution in [3.8, 4) is 5.75 Å². The quantitative estimate of drug-likeness (QED) is 0.790. The number of ether oxygens (including phenoxy) is 1. The van der Waals surface area contributed by atoms with Crippen LogP contribution < -0.4 is 10.5 Å². The summed E-state index contributed by atoms with van der Waals surface area (Å²) in [5, 5.41) is 0.179. The van der Waals surface area contributed by atoms with Crippen molar-refractivity contribution in [3.05, 3.63) is 35.5 Å². The zero-order valence-corrected chi connectivity index (χ0v) is 9.45. The molecule has 82 valence electrons. The number of benzene rings is 1. The van der Waals surface area contributed by atoms with E-state index in [0.717, 1.165) is 23.1 Å². The third kappa shape index (κ3) is 2.25. The van der Waals surface area contributed by atoms with Crippen LogP contribution in [0.15, 0.2) is 35.0 Å². The lowest BCUT2D eigenvalue weighted by atomic mass is 10.2. The Morgan fingerprint density at radius 1 is 1.38 bits per heavy atom. The fourth-order valence-electron chi connectivity index (χ4n) is 1.28. The average Bonchev–Trinajstić information content (AvgIpc) is 2.59. The van der Waals surface area contributed by atoms with Gasteiger partial charge in [0.25, 0.3) is 0 Å². The predicted octanol–water partition coefficient (Wildman–Crippen LogP) is 1.62. The van der Waals surface area contributed by atoms with Crippen molar-refractivity contribution in [2.75, 3.05) is 7.11 Å². The minimum Gasteiger partial charge on any atom is -0.497 e. The average molecular weight is 234 g/mol. The van der Waals surface area contributed by atoms with Crippen LogP contribution in [0.25, 0.3) is 6.08 Å². The number of hydrogen-bond donors (Lipinski definition) is 1. The number of aliphatic imine (C=N–C) groups is 1. The molecule has 1 heterocycles. The van der Waals surface area contributed by atoms with E-state index in [1.807, 2.05) is 24.3 Å². The monoisotopic (exact) mass is 234 g/mol. The molecule has 0 aromatic heterocycles. The van der Waals surface area contributed by atoms with Crippen molar-refractivity contribution in [3.63, 3.8) is 0 Å². The Labute approximate surface area is 97.2 Å². The molecule has 0 saturated carbocycles. The van der Waals surface area contributed by atoms with Crippen molar-refractivity contribution in [2.24, 2.45) is 10.7 Å². The van der Waals surface area contributed by atoms with Crippen LogP contribution in [-0.2, 0) is 4.79 Å². The summed E-state index contributed by atoms with van der Waals surface area (Å²) in [5.41, 5.74) is 6.72. The number of amidine groups is 1. The van der Waals surface area contributed by atoms with E-state index in [-0.39, 0.29) is 5.12 Å². The lowest BCUT2D eigenvalue weighted by Gasteiger charge is -1.99. The lowest BCUT2D eigenvalue weighted by molar-refractivity contribution is -0.107. The Bertz CT molecular complexity index is 477. The molecule has 1 aromatic rings. The first-order valence-electron chi connectivity index (χ1n) is 4.61. The van der Waals surface area contributed by atoms with E-state index in [1.165, 1.54) is 0 Å². The van der Waals surface area contributed by atoms with E-state index in [0.29, 0.717) is 10.9 Å². The second-order valence-electron chi connectivity index (χ2n) is 3.14. The molecule has 5 heteroatoms. The van der Waals surface area contributed by atoms with E-state index >= 15 is 0 Å². The Kier molecular flexibility index (Phi) is 2.96. The fourth-order valence-corrected chi connectivity index (χ4v) is 1.83. The summed E-state index contributed by atoms with van der Waals surface area (Å²) in [4.78, 5) is 15.3. The zero-order chi connectivity index (χ0) is 11.5. The number of nitrogens with zero attached hydrogens (tertiary/aromatic N) is 1. The summed E-state index contributed by atoms with van der Waals surface area (Å²) in [7, 11) is 1.61. The van der Waals surface area contributed by atoms with Crippen molar-refractivity contribution in [1.82, 2.24) is 0 Å². The maximum Gasteiger partial charge on any atom is 0.245 e. The molecule has 1 aliphatic rings. The summed E-state index contributed by atoms with van der Waals surface area (Å²) in [6.07, 6.45) is 1.70. The number of carbonyl (C=O) groups excluding carboxylic acids is 1. The van der Waals surface area contributed by atoms with Crippen molar-refractivity contribution in [1.29, 1.82) is 0 Å². The molecular weight excluding hydrogens is 224 g/mol.